The maximum Gasteiger partial charge on any atom is 0.233 e. The Balaban J connectivity index is 1.51. The Bertz CT molecular complexity index is 662. The third kappa shape index (κ3) is 4.08. The molecule has 8 heteroatoms. The maximum absolute atomic E-state index is 12.4. The molecular formula is C18H24N2O6. The van der Waals surface area contributed by atoms with Crippen LogP contribution in [0.15, 0.2) is 18.2 Å². The molecule has 2 fully saturated rings. The Morgan fingerprint density at radius 2 is 1.77 bits per heavy atom. The second-order valence-corrected chi connectivity index (χ2v) is 6.28. The van der Waals surface area contributed by atoms with Crippen molar-refractivity contribution in [3.05, 3.63) is 18.2 Å². The standard InChI is InChI=1S/C18H24N2O6/c1-23-14-4-3-13(11-15(14)24-2)19-16(21)12-17(22)20-7-5-18(6-8-20)25-9-10-26-18/h3-4,11H,5-10,12H2,1-2H3,(H,19,21). The summed E-state index contributed by atoms with van der Waals surface area (Å²) in [5.74, 6) is -0.0139. The number of likely N-dealkylation sites (tertiary alicyclic amines) is 1. The van der Waals surface area contributed by atoms with Gasteiger partial charge >= 0.3 is 0 Å². The average molecular weight is 364 g/mol. The molecule has 2 amide bonds. The minimum absolute atomic E-state index is 0.198. The van der Waals surface area contributed by atoms with Gasteiger partial charge in [-0.15, -0.1) is 0 Å². The van der Waals surface area contributed by atoms with Crippen LogP contribution in [0.1, 0.15) is 19.3 Å². The third-order valence-electron chi connectivity index (χ3n) is 4.67. The Morgan fingerprint density at radius 3 is 2.38 bits per heavy atom. The van der Waals surface area contributed by atoms with Gasteiger partial charge in [0, 0.05) is 37.7 Å². The van der Waals surface area contributed by atoms with E-state index in [1.807, 2.05) is 0 Å². The predicted octanol–water partition coefficient (Wildman–Crippen LogP) is 1.40. The van der Waals surface area contributed by atoms with Gasteiger partial charge in [0.15, 0.2) is 17.3 Å². The SMILES string of the molecule is COc1ccc(NC(=O)CC(=O)N2CCC3(CC2)OCCO3)cc1OC. The lowest BCUT2D eigenvalue weighted by atomic mass is 10.0. The lowest BCUT2D eigenvalue weighted by Gasteiger charge is -2.37. The number of methoxy groups -OCH3 is 2. The monoisotopic (exact) mass is 364 g/mol. The van der Waals surface area contributed by atoms with Crippen LogP contribution in [0.25, 0.3) is 0 Å². The maximum atomic E-state index is 12.4. The number of nitrogens with one attached hydrogen (secondary N) is 1. The summed E-state index contributed by atoms with van der Waals surface area (Å²) >= 11 is 0. The fraction of sp³-hybridized carbons (Fsp3) is 0.556. The van der Waals surface area contributed by atoms with E-state index in [2.05, 4.69) is 5.32 Å². The van der Waals surface area contributed by atoms with Crippen molar-refractivity contribution >= 4 is 17.5 Å². The molecule has 1 aromatic carbocycles. The van der Waals surface area contributed by atoms with Crippen molar-refractivity contribution in [3.8, 4) is 11.5 Å². The number of anilines is 1. The Kier molecular flexibility index (Phi) is 5.63. The van der Waals surface area contributed by atoms with E-state index in [0.717, 1.165) is 0 Å². The largest absolute Gasteiger partial charge is 0.493 e. The van der Waals surface area contributed by atoms with Crippen LogP contribution in [0, 0.1) is 0 Å². The number of nitrogens with zero attached hydrogens (tertiary/aromatic N) is 1. The molecule has 2 saturated heterocycles. The zero-order chi connectivity index (χ0) is 18.6. The number of carbonyl (C=O) groups is 2. The van der Waals surface area contributed by atoms with Crippen molar-refractivity contribution in [2.75, 3.05) is 45.8 Å². The molecule has 26 heavy (non-hydrogen) atoms. The molecule has 0 saturated carbocycles. The van der Waals surface area contributed by atoms with Crippen molar-refractivity contribution in [2.24, 2.45) is 0 Å². The van der Waals surface area contributed by atoms with Gasteiger partial charge in [-0.3, -0.25) is 9.59 Å². The van der Waals surface area contributed by atoms with Gasteiger partial charge in [0.05, 0.1) is 27.4 Å². The molecule has 3 rings (SSSR count). The van der Waals surface area contributed by atoms with Crippen LogP contribution < -0.4 is 14.8 Å². The minimum Gasteiger partial charge on any atom is -0.493 e. The Hall–Kier alpha value is -2.32. The zero-order valence-corrected chi connectivity index (χ0v) is 15.1. The first-order valence-electron chi connectivity index (χ1n) is 8.63. The van der Waals surface area contributed by atoms with Crippen molar-refractivity contribution < 1.29 is 28.5 Å². The molecule has 142 valence electrons. The highest BCUT2D eigenvalue weighted by atomic mass is 16.7. The van der Waals surface area contributed by atoms with E-state index in [4.69, 9.17) is 18.9 Å². The first-order valence-corrected chi connectivity index (χ1v) is 8.63. The lowest BCUT2D eigenvalue weighted by Crippen LogP contribution is -2.47. The van der Waals surface area contributed by atoms with Crippen LogP contribution >= 0.6 is 0 Å². The number of hydrogen-bond acceptors (Lipinski definition) is 6. The number of ether oxygens (including phenoxy) is 4. The molecule has 0 atom stereocenters. The summed E-state index contributed by atoms with van der Waals surface area (Å²) in [5, 5.41) is 2.72. The van der Waals surface area contributed by atoms with Crippen LogP contribution in [0.2, 0.25) is 0 Å². The summed E-state index contributed by atoms with van der Waals surface area (Å²) in [6, 6.07) is 5.05. The molecule has 0 aliphatic carbocycles. The van der Waals surface area contributed by atoms with E-state index in [1.165, 1.54) is 7.11 Å². The van der Waals surface area contributed by atoms with E-state index in [-0.39, 0.29) is 18.2 Å². The molecule has 0 aromatic heterocycles. The fourth-order valence-corrected chi connectivity index (χ4v) is 3.25. The topological polar surface area (TPSA) is 86.3 Å². The molecule has 1 spiro atoms. The van der Waals surface area contributed by atoms with Crippen molar-refractivity contribution in [2.45, 2.75) is 25.0 Å². The highest BCUT2D eigenvalue weighted by molar-refractivity contribution is 6.03. The predicted molar refractivity (Wildman–Crippen MR) is 93.2 cm³/mol. The zero-order valence-electron chi connectivity index (χ0n) is 15.1. The van der Waals surface area contributed by atoms with E-state index in [9.17, 15) is 9.59 Å². The Labute approximate surface area is 152 Å². The lowest BCUT2D eigenvalue weighted by molar-refractivity contribution is -0.187. The first kappa shape index (κ1) is 18.5. The Morgan fingerprint density at radius 1 is 1.12 bits per heavy atom. The van der Waals surface area contributed by atoms with Gasteiger partial charge in [-0.1, -0.05) is 0 Å². The summed E-state index contributed by atoms with van der Waals surface area (Å²) in [6.45, 7) is 2.26. The summed E-state index contributed by atoms with van der Waals surface area (Å²) < 4.78 is 21.7. The van der Waals surface area contributed by atoms with Gasteiger partial charge in [-0.25, -0.2) is 0 Å². The average Bonchev–Trinajstić information content (AvgIpc) is 3.10. The molecule has 0 unspecified atom stereocenters. The van der Waals surface area contributed by atoms with Crippen LogP contribution in [-0.2, 0) is 19.1 Å². The van der Waals surface area contributed by atoms with Gasteiger partial charge < -0.3 is 29.2 Å². The molecule has 2 aliphatic rings. The van der Waals surface area contributed by atoms with E-state index in [0.29, 0.717) is 56.3 Å². The van der Waals surface area contributed by atoms with E-state index >= 15 is 0 Å². The molecule has 1 aromatic rings. The molecule has 1 N–H and O–H groups in total. The van der Waals surface area contributed by atoms with Gasteiger partial charge in [0.25, 0.3) is 0 Å². The van der Waals surface area contributed by atoms with Crippen LogP contribution in [0.3, 0.4) is 0 Å². The number of carbonyl (C=O) groups excluding carboxylic acids is 2. The summed E-state index contributed by atoms with van der Waals surface area (Å²) in [4.78, 5) is 26.2. The number of hydrogen-bond donors (Lipinski definition) is 1. The summed E-state index contributed by atoms with van der Waals surface area (Å²) in [6.07, 6.45) is 1.06. The van der Waals surface area contributed by atoms with Crippen LogP contribution in [0.5, 0.6) is 11.5 Å². The number of piperidine rings is 1. The quantitative estimate of drug-likeness (QED) is 0.795. The molecule has 2 aliphatic heterocycles. The van der Waals surface area contributed by atoms with Crippen molar-refractivity contribution in [1.82, 2.24) is 4.90 Å². The summed E-state index contributed by atoms with van der Waals surface area (Å²) in [5.41, 5.74) is 0.547. The second-order valence-electron chi connectivity index (χ2n) is 6.28. The highest BCUT2D eigenvalue weighted by Gasteiger charge is 2.40. The minimum atomic E-state index is -0.529. The normalized spacial score (nSPS) is 18.6. The second kappa shape index (κ2) is 7.92. The molecule has 2 heterocycles. The summed E-state index contributed by atoms with van der Waals surface area (Å²) in [7, 11) is 3.06. The number of benzene rings is 1. The van der Waals surface area contributed by atoms with E-state index in [1.54, 1.807) is 30.2 Å². The van der Waals surface area contributed by atoms with Gasteiger partial charge in [-0.05, 0) is 12.1 Å². The number of rotatable bonds is 5. The van der Waals surface area contributed by atoms with Crippen LogP contribution in [0.4, 0.5) is 5.69 Å². The first-order chi connectivity index (χ1) is 12.5. The molecule has 0 bridgehead atoms. The smallest absolute Gasteiger partial charge is 0.233 e. The van der Waals surface area contributed by atoms with Crippen molar-refractivity contribution in [1.29, 1.82) is 0 Å². The molecule has 0 radical (unpaired) electrons. The molecular weight excluding hydrogens is 340 g/mol. The van der Waals surface area contributed by atoms with Crippen LogP contribution in [-0.4, -0.2) is 63.0 Å². The molecule has 8 nitrogen and oxygen atoms in total. The van der Waals surface area contributed by atoms with Crippen molar-refractivity contribution in [3.63, 3.8) is 0 Å². The third-order valence-corrected chi connectivity index (χ3v) is 4.67. The number of amides is 2. The van der Waals surface area contributed by atoms with Gasteiger partial charge in [0.1, 0.15) is 6.42 Å². The highest BCUT2D eigenvalue weighted by Crippen LogP contribution is 2.32. The fourth-order valence-electron chi connectivity index (χ4n) is 3.25. The van der Waals surface area contributed by atoms with Gasteiger partial charge in [-0.2, -0.15) is 0 Å². The van der Waals surface area contributed by atoms with Gasteiger partial charge in [0.2, 0.25) is 11.8 Å². The van der Waals surface area contributed by atoms with E-state index < -0.39 is 5.79 Å².